The fraction of sp³-hybridized carbons (Fsp3) is 0.0909. The lowest BCUT2D eigenvalue weighted by atomic mass is 9.92. The highest BCUT2D eigenvalue weighted by Gasteiger charge is 2.35. The summed E-state index contributed by atoms with van der Waals surface area (Å²) in [5.74, 6) is 1.79. The molecule has 5 aromatic rings. The quantitative estimate of drug-likeness (QED) is 0.286. The third-order valence-electron chi connectivity index (χ3n) is 7.39. The number of benzene rings is 5. The molecular weight excluding hydrogens is 426 g/mol. The summed E-state index contributed by atoms with van der Waals surface area (Å²) in [6.07, 6.45) is 8.31. The molecule has 2 N–H and O–H groups in total. The molecule has 5 aromatic carbocycles. The van der Waals surface area contributed by atoms with E-state index in [1.807, 2.05) is 30.3 Å². The number of allylic oxidation sites excluding steroid dienone is 4. The van der Waals surface area contributed by atoms with Gasteiger partial charge in [0.2, 0.25) is 0 Å². The molecule has 2 nitrogen and oxygen atoms in total. The third-order valence-corrected chi connectivity index (χ3v) is 7.39. The van der Waals surface area contributed by atoms with Crippen LogP contribution < -0.4 is 5.32 Å². The molecule has 2 aliphatic carbocycles. The summed E-state index contributed by atoms with van der Waals surface area (Å²) in [6, 6.07) is 33.3. The fourth-order valence-corrected chi connectivity index (χ4v) is 5.45. The van der Waals surface area contributed by atoms with Crippen LogP contribution in [0.25, 0.3) is 38.2 Å². The number of phenolic OH excluding ortho intramolecular Hbond substituents is 1. The monoisotopic (exact) mass is 451 g/mol. The molecule has 1 fully saturated rings. The minimum atomic E-state index is 0.274. The number of nitrogens with one attached hydrogen (secondary N) is 1. The maximum Gasteiger partial charge on any atom is 0.126 e. The molecule has 35 heavy (non-hydrogen) atoms. The first-order chi connectivity index (χ1) is 17.2. The lowest BCUT2D eigenvalue weighted by molar-refractivity contribution is 0.478. The largest absolute Gasteiger partial charge is 0.507 e. The van der Waals surface area contributed by atoms with Gasteiger partial charge in [-0.05, 0) is 63.2 Å². The number of hydrogen-bond acceptors (Lipinski definition) is 2. The van der Waals surface area contributed by atoms with Gasteiger partial charge in [0.25, 0.3) is 0 Å². The van der Waals surface area contributed by atoms with E-state index >= 15 is 0 Å². The molecule has 0 saturated heterocycles. The average Bonchev–Trinajstić information content (AvgIpc) is 3.68. The second kappa shape index (κ2) is 7.89. The van der Waals surface area contributed by atoms with Gasteiger partial charge in [-0.15, -0.1) is 0 Å². The molecule has 7 rings (SSSR count). The van der Waals surface area contributed by atoms with Crippen molar-refractivity contribution in [1.82, 2.24) is 0 Å². The van der Waals surface area contributed by atoms with Gasteiger partial charge >= 0.3 is 0 Å². The summed E-state index contributed by atoms with van der Waals surface area (Å²) in [5, 5.41) is 19.2. The van der Waals surface area contributed by atoms with Crippen LogP contribution in [-0.4, -0.2) is 5.11 Å². The molecule has 0 spiro atoms. The number of fused-ring (bicyclic) bond motifs is 3. The Bertz CT molecular complexity index is 1650. The average molecular weight is 452 g/mol. The van der Waals surface area contributed by atoms with Crippen LogP contribution in [0.1, 0.15) is 12.0 Å². The van der Waals surface area contributed by atoms with E-state index in [0.29, 0.717) is 0 Å². The Kier molecular flexibility index (Phi) is 4.53. The summed E-state index contributed by atoms with van der Waals surface area (Å²) in [7, 11) is 0. The van der Waals surface area contributed by atoms with Gasteiger partial charge < -0.3 is 10.4 Å². The maximum absolute atomic E-state index is 11.3. The van der Waals surface area contributed by atoms with Crippen LogP contribution in [0, 0.1) is 11.8 Å². The molecule has 2 atom stereocenters. The van der Waals surface area contributed by atoms with Crippen molar-refractivity contribution in [3.8, 4) is 16.9 Å². The third kappa shape index (κ3) is 3.50. The Hall–Kier alpha value is -4.30. The van der Waals surface area contributed by atoms with Crippen LogP contribution in [-0.2, 0) is 0 Å². The minimum Gasteiger partial charge on any atom is -0.507 e. The van der Waals surface area contributed by atoms with Crippen LogP contribution in [0.3, 0.4) is 0 Å². The van der Waals surface area contributed by atoms with Crippen molar-refractivity contribution >= 4 is 38.5 Å². The molecule has 2 unspecified atom stereocenters. The number of rotatable bonds is 4. The number of anilines is 2. The van der Waals surface area contributed by atoms with Crippen LogP contribution in [0.4, 0.5) is 11.4 Å². The first-order valence-corrected chi connectivity index (χ1v) is 12.2. The van der Waals surface area contributed by atoms with Crippen molar-refractivity contribution in [2.75, 3.05) is 5.32 Å². The highest BCUT2D eigenvalue weighted by molar-refractivity contribution is 6.11. The highest BCUT2D eigenvalue weighted by atomic mass is 16.3. The van der Waals surface area contributed by atoms with Crippen molar-refractivity contribution in [3.05, 3.63) is 121 Å². The summed E-state index contributed by atoms with van der Waals surface area (Å²) >= 11 is 0. The molecular formula is C33H25NO. The highest BCUT2D eigenvalue weighted by Crippen LogP contribution is 2.46. The van der Waals surface area contributed by atoms with Crippen molar-refractivity contribution in [2.24, 2.45) is 11.8 Å². The van der Waals surface area contributed by atoms with Crippen LogP contribution in [0.5, 0.6) is 5.75 Å². The van der Waals surface area contributed by atoms with E-state index < -0.39 is 0 Å². The maximum atomic E-state index is 11.3. The molecule has 0 bridgehead atoms. The number of aromatic hydroxyl groups is 1. The van der Waals surface area contributed by atoms with Crippen LogP contribution in [0.15, 0.2) is 115 Å². The van der Waals surface area contributed by atoms with Gasteiger partial charge in [0, 0.05) is 22.7 Å². The normalized spacial score (nSPS) is 18.3. The van der Waals surface area contributed by atoms with Gasteiger partial charge in [-0.3, -0.25) is 0 Å². The molecule has 2 heteroatoms. The van der Waals surface area contributed by atoms with E-state index in [1.165, 1.54) is 17.6 Å². The molecule has 2 aliphatic rings. The van der Waals surface area contributed by atoms with Gasteiger partial charge in [0.15, 0.2) is 0 Å². The molecule has 1 saturated carbocycles. The van der Waals surface area contributed by atoms with Crippen LogP contribution >= 0.6 is 0 Å². The molecule has 0 heterocycles. The van der Waals surface area contributed by atoms with Gasteiger partial charge in [0.05, 0.1) is 5.69 Å². The SMILES string of the molecule is Oc1cc(Nc2ccc(C3=CC4CC4C=C3)cc2)c2ccccc2c1-c1cccc2ccccc12. The molecule has 0 amide bonds. The number of hydrogen-bond donors (Lipinski definition) is 2. The Labute approximate surface area is 204 Å². The van der Waals surface area contributed by atoms with Gasteiger partial charge in [-0.25, -0.2) is 0 Å². The minimum absolute atomic E-state index is 0.274. The number of phenols is 1. The topological polar surface area (TPSA) is 32.3 Å². The molecule has 0 aromatic heterocycles. The van der Waals surface area contributed by atoms with E-state index in [-0.39, 0.29) is 5.75 Å². The molecule has 0 aliphatic heterocycles. The zero-order chi connectivity index (χ0) is 23.4. The van der Waals surface area contributed by atoms with E-state index in [9.17, 15) is 5.11 Å². The summed E-state index contributed by atoms with van der Waals surface area (Å²) in [6.45, 7) is 0. The van der Waals surface area contributed by atoms with Gasteiger partial charge in [-0.2, -0.15) is 0 Å². The predicted octanol–water partition coefficient (Wildman–Crippen LogP) is 8.70. The fourth-order valence-electron chi connectivity index (χ4n) is 5.45. The van der Waals surface area contributed by atoms with E-state index in [1.54, 1.807) is 0 Å². The first kappa shape index (κ1) is 20.1. The van der Waals surface area contributed by atoms with E-state index in [4.69, 9.17) is 0 Å². The predicted molar refractivity (Wildman–Crippen MR) is 147 cm³/mol. The summed E-state index contributed by atoms with van der Waals surface area (Å²) < 4.78 is 0. The Morgan fingerprint density at radius 1 is 0.714 bits per heavy atom. The Balaban J connectivity index is 1.29. The van der Waals surface area contributed by atoms with Crippen molar-refractivity contribution in [3.63, 3.8) is 0 Å². The second-order valence-corrected chi connectivity index (χ2v) is 9.64. The summed E-state index contributed by atoms with van der Waals surface area (Å²) in [4.78, 5) is 0. The van der Waals surface area contributed by atoms with E-state index in [2.05, 4.69) is 90.3 Å². The zero-order valence-corrected chi connectivity index (χ0v) is 19.3. The molecule has 0 radical (unpaired) electrons. The lowest BCUT2D eigenvalue weighted by Crippen LogP contribution is -1.95. The second-order valence-electron chi connectivity index (χ2n) is 9.64. The van der Waals surface area contributed by atoms with Crippen molar-refractivity contribution in [2.45, 2.75) is 6.42 Å². The smallest absolute Gasteiger partial charge is 0.126 e. The molecule has 168 valence electrons. The van der Waals surface area contributed by atoms with Gasteiger partial charge in [-0.1, -0.05) is 97.1 Å². The first-order valence-electron chi connectivity index (χ1n) is 12.2. The lowest BCUT2D eigenvalue weighted by Gasteiger charge is -2.17. The van der Waals surface area contributed by atoms with Crippen molar-refractivity contribution in [1.29, 1.82) is 0 Å². The van der Waals surface area contributed by atoms with Crippen LogP contribution in [0.2, 0.25) is 0 Å². The summed E-state index contributed by atoms with van der Waals surface area (Å²) in [5.41, 5.74) is 6.37. The van der Waals surface area contributed by atoms with Gasteiger partial charge in [0.1, 0.15) is 5.75 Å². The Morgan fingerprint density at radius 3 is 2.29 bits per heavy atom. The van der Waals surface area contributed by atoms with Crippen molar-refractivity contribution < 1.29 is 5.11 Å². The Morgan fingerprint density at radius 2 is 1.46 bits per heavy atom. The standard InChI is InChI=1S/C33H25NO/c35-32-20-31(34-26-16-14-21(15-17-26)23-12-13-24-19-25(24)18-23)28-9-3-4-10-30(28)33(32)29-11-5-7-22-6-1-2-8-27(22)29/h1-18,20,24-25,34-35H,19H2. The zero-order valence-electron chi connectivity index (χ0n) is 19.3. The van der Waals surface area contributed by atoms with E-state index in [0.717, 1.165) is 55.9 Å².